The van der Waals surface area contributed by atoms with E-state index in [0.717, 1.165) is 0 Å². The van der Waals surface area contributed by atoms with Crippen LogP contribution in [0.4, 0.5) is 0 Å². The molecule has 2 nitrogen and oxygen atoms in total. The number of rotatable bonds is 2. The molecule has 2 aromatic heterocycles. The van der Waals surface area contributed by atoms with Gasteiger partial charge >= 0.3 is 0 Å². The molecule has 2 heterocycles. The smallest absolute Gasteiger partial charge is 0.0550 e. The quantitative estimate of drug-likeness (QED) is 0.216. The first-order valence-corrected chi connectivity index (χ1v) is 15.4. The second kappa shape index (κ2) is 8.61. The number of hydrogen-bond donors (Lipinski definition) is 2. The third-order valence-corrected chi connectivity index (χ3v) is 10.1. The summed E-state index contributed by atoms with van der Waals surface area (Å²) >= 11 is 0. The third-order valence-electron chi connectivity index (χ3n) is 10.1. The largest absolute Gasteiger partial charge is 0.353 e. The van der Waals surface area contributed by atoms with Crippen molar-refractivity contribution in [2.45, 2.75) is 67.2 Å². The van der Waals surface area contributed by atoms with E-state index in [1.165, 1.54) is 110 Å². The van der Waals surface area contributed by atoms with Gasteiger partial charge in [-0.1, -0.05) is 88.4 Å². The fraction of sp³-hybridized carbons (Fsp3) is 0.250. The zero-order valence-electron chi connectivity index (χ0n) is 25.9. The Morgan fingerprint density at radius 1 is 0.452 bits per heavy atom. The average molecular weight is 547 g/mol. The number of hydrogen-bond acceptors (Lipinski definition) is 0. The molecule has 0 saturated carbocycles. The molecule has 0 atom stereocenters. The van der Waals surface area contributed by atoms with Gasteiger partial charge in [-0.15, -0.1) is 0 Å². The summed E-state index contributed by atoms with van der Waals surface area (Å²) in [4.78, 5) is 7.88. The molecule has 0 unspecified atom stereocenters. The van der Waals surface area contributed by atoms with Gasteiger partial charge in [-0.05, 0) is 84.0 Å². The van der Waals surface area contributed by atoms with Crippen molar-refractivity contribution in [2.24, 2.45) is 0 Å². The normalized spacial score (nSPS) is 12.7. The van der Waals surface area contributed by atoms with Crippen molar-refractivity contribution in [3.63, 3.8) is 0 Å². The zero-order chi connectivity index (χ0) is 29.2. The molecule has 0 saturated heterocycles. The molecule has 0 aliphatic heterocycles. The van der Waals surface area contributed by atoms with E-state index in [0.29, 0.717) is 11.8 Å². The van der Waals surface area contributed by atoms with Gasteiger partial charge in [-0.25, -0.2) is 0 Å². The first-order valence-electron chi connectivity index (χ1n) is 15.4. The van der Waals surface area contributed by atoms with Gasteiger partial charge in [-0.2, -0.15) is 0 Å². The third kappa shape index (κ3) is 3.21. The lowest BCUT2D eigenvalue weighted by Crippen LogP contribution is -1.85. The molecular formula is C40H38N2. The summed E-state index contributed by atoms with van der Waals surface area (Å²) in [5, 5.41) is 7.91. The van der Waals surface area contributed by atoms with E-state index in [1.807, 2.05) is 0 Å². The van der Waals surface area contributed by atoms with Crippen molar-refractivity contribution in [3.8, 4) is 22.3 Å². The number of benzene rings is 2. The maximum absolute atomic E-state index is 3.94. The number of aryl methyl sites for hydroxylation is 4. The van der Waals surface area contributed by atoms with E-state index >= 15 is 0 Å². The van der Waals surface area contributed by atoms with Crippen molar-refractivity contribution in [2.75, 3.05) is 0 Å². The van der Waals surface area contributed by atoms with E-state index < -0.39 is 0 Å². The maximum atomic E-state index is 3.94. The van der Waals surface area contributed by atoms with Crippen LogP contribution >= 0.6 is 0 Å². The molecule has 42 heavy (non-hydrogen) atoms. The summed E-state index contributed by atoms with van der Waals surface area (Å²) in [7, 11) is 0. The summed E-state index contributed by atoms with van der Waals surface area (Å²) in [5.41, 5.74) is 18.6. The SMILES string of the molecule is Cc1ccc(C(C)C)cc2c(C)c3c([nH]c4c5ccc6c([nH]c7c8c(C)ccc(C(C)C)cc-8c(C)c76)c5ccc43)c1-2. The Hall–Kier alpha value is -4.30. The first-order chi connectivity index (χ1) is 20.2. The first kappa shape index (κ1) is 25.4. The second-order valence-electron chi connectivity index (χ2n) is 13.3. The number of aromatic nitrogens is 2. The molecule has 2 heteroatoms. The number of aromatic amines is 2. The number of H-pyrrole nitrogens is 2. The van der Waals surface area contributed by atoms with Crippen LogP contribution in [0.5, 0.6) is 0 Å². The highest BCUT2D eigenvalue weighted by molar-refractivity contribution is 6.29. The molecule has 0 bridgehead atoms. The minimum absolute atomic E-state index is 0.495. The van der Waals surface area contributed by atoms with Crippen LogP contribution in [0.1, 0.15) is 72.9 Å². The van der Waals surface area contributed by atoms with E-state index in [9.17, 15) is 0 Å². The molecule has 4 aromatic rings. The topological polar surface area (TPSA) is 31.6 Å². The predicted octanol–water partition coefficient (Wildman–Crippen LogP) is 11.8. The minimum Gasteiger partial charge on any atom is -0.353 e. The van der Waals surface area contributed by atoms with Crippen LogP contribution < -0.4 is 0 Å². The van der Waals surface area contributed by atoms with E-state index in [1.54, 1.807) is 0 Å². The van der Waals surface area contributed by atoms with Crippen molar-refractivity contribution < 1.29 is 0 Å². The van der Waals surface area contributed by atoms with E-state index in [2.05, 4.69) is 126 Å². The monoisotopic (exact) mass is 546 g/mol. The predicted molar refractivity (Wildman–Crippen MR) is 183 cm³/mol. The number of nitrogens with one attached hydrogen (secondary N) is 2. The van der Waals surface area contributed by atoms with Crippen molar-refractivity contribution in [3.05, 3.63) is 94.0 Å². The van der Waals surface area contributed by atoms with Crippen LogP contribution in [0.15, 0.2) is 60.7 Å². The Morgan fingerprint density at radius 3 is 1.21 bits per heavy atom. The Kier molecular flexibility index (Phi) is 5.21. The molecule has 2 aromatic carbocycles. The maximum Gasteiger partial charge on any atom is 0.0550 e. The molecule has 0 amide bonds. The van der Waals surface area contributed by atoms with Crippen LogP contribution in [0.3, 0.4) is 0 Å². The Bertz CT molecular complexity index is 2170. The van der Waals surface area contributed by atoms with Gasteiger partial charge in [0.15, 0.2) is 0 Å². The minimum atomic E-state index is 0.495. The summed E-state index contributed by atoms with van der Waals surface area (Å²) in [6.45, 7) is 18.2. The van der Waals surface area contributed by atoms with Gasteiger partial charge in [0.05, 0.1) is 22.1 Å². The highest BCUT2D eigenvalue weighted by Crippen LogP contribution is 2.48. The van der Waals surface area contributed by atoms with Gasteiger partial charge in [0.25, 0.3) is 0 Å². The van der Waals surface area contributed by atoms with Crippen LogP contribution in [0.25, 0.3) is 76.6 Å². The Balaban J connectivity index is 1.45. The summed E-state index contributed by atoms with van der Waals surface area (Å²) in [6, 6.07) is 23.4. The molecule has 0 radical (unpaired) electrons. The molecule has 208 valence electrons. The highest BCUT2D eigenvalue weighted by Gasteiger charge is 2.24. The fourth-order valence-corrected chi connectivity index (χ4v) is 7.74. The van der Waals surface area contributed by atoms with Crippen molar-refractivity contribution >= 4 is 54.4 Å². The molecule has 0 fully saturated rings. The fourth-order valence-electron chi connectivity index (χ4n) is 7.74. The van der Waals surface area contributed by atoms with Crippen LogP contribution in [0.2, 0.25) is 0 Å². The lowest BCUT2D eigenvalue weighted by Gasteiger charge is -2.06. The summed E-state index contributed by atoms with van der Waals surface area (Å²) < 4.78 is 0. The highest BCUT2D eigenvalue weighted by atomic mass is 14.7. The molecular weight excluding hydrogens is 508 g/mol. The van der Waals surface area contributed by atoms with Crippen LogP contribution in [0, 0.1) is 27.7 Å². The summed E-state index contributed by atoms with van der Waals surface area (Å²) in [6.07, 6.45) is 0. The summed E-state index contributed by atoms with van der Waals surface area (Å²) in [5.74, 6) is 0.990. The zero-order valence-corrected chi connectivity index (χ0v) is 25.9. The second-order valence-corrected chi connectivity index (χ2v) is 13.3. The van der Waals surface area contributed by atoms with Gasteiger partial charge in [0.1, 0.15) is 0 Å². The van der Waals surface area contributed by atoms with Crippen molar-refractivity contribution in [1.29, 1.82) is 0 Å². The van der Waals surface area contributed by atoms with Gasteiger partial charge in [0, 0.05) is 43.4 Å². The molecule has 4 aliphatic rings. The molecule has 4 aliphatic carbocycles. The van der Waals surface area contributed by atoms with E-state index in [4.69, 9.17) is 0 Å². The van der Waals surface area contributed by atoms with Crippen molar-refractivity contribution in [1.82, 2.24) is 9.97 Å². The lowest BCUT2D eigenvalue weighted by molar-refractivity contribution is 0.868. The average Bonchev–Trinajstić information content (AvgIpc) is 3.59. The van der Waals surface area contributed by atoms with Gasteiger partial charge in [0.2, 0.25) is 0 Å². The van der Waals surface area contributed by atoms with Gasteiger partial charge < -0.3 is 9.97 Å². The molecule has 2 N–H and O–H groups in total. The van der Waals surface area contributed by atoms with Crippen LogP contribution in [-0.4, -0.2) is 9.97 Å². The standard InChI is InChI=1S/C40H38N2/c1-19(2)25-11-9-21(5)33-31(17-25)23(7)35-29-15-13-28-27(37(29)41-39(33)35)14-16-30-36-24(8)32-18-26(20(3)4)12-10-22(6)34(32)40(36)42-38(28)30/h9-20,41-42H,1-8H3. The molecule has 0 spiro atoms. The Labute approximate surface area is 247 Å². The van der Waals surface area contributed by atoms with E-state index in [-0.39, 0.29) is 0 Å². The van der Waals surface area contributed by atoms with Crippen LogP contribution in [-0.2, 0) is 0 Å². The van der Waals surface area contributed by atoms with Gasteiger partial charge in [-0.3, -0.25) is 0 Å². The Morgan fingerprint density at radius 2 is 0.833 bits per heavy atom. The molecule has 8 rings (SSSR count). The lowest BCUT2D eigenvalue weighted by atomic mass is 9.99. The number of fused-ring (bicyclic) bond motifs is 13.